The maximum atomic E-state index is 12.5. The molecule has 0 aliphatic rings. The third kappa shape index (κ3) is 7.66. The molecule has 0 fully saturated rings. The van der Waals surface area contributed by atoms with Gasteiger partial charge in [0.15, 0.2) is 13.1 Å². The van der Waals surface area contributed by atoms with Gasteiger partial charge in [-0.2, -0.15) is 0 Å². The molecule has 29 heavy (non-hydrogen) atoms. The summed E-state index contributed by atoms with van der Waals surface area (Å²) in [5.74, 6) is -0.310. The average Bonchev–Trinajstić information content (AvgIpc) is 2.53. The Bertz CT molecular complexity index is 760. The number of quaternary nitrogens is 1. The fourth-order valence-corrected chi connectivity index (χ4v) is 3.26. The van der Waals surface area contributed by atoms with Crippen molar-refractivity contribution >= 4 is 34.8 Å². The molecular formula is C21H29Cl2N3O3. The van der Waals surface area contributed by atoms with Crippen LogP contribution in [0, 0.1) is 20.8 Å². The van der Waals surface area contributed by atoms with E-state index in [0.717, 1.165) is 22.4 Å². The Morgan fingerprint density at radius 3 is 1.66 bits per heavy atom. The minimum Gasteiger partial charge on any atom is -1.00 e. The number of benzene rings is 2. The van der Waals surface area contributed by atoms with E-state index < -0.39 is 0 Å². The van der Waals surface area contributed by atoms with Gasteiger partial charge in [-0.05, 0) is 43.5 Å². The second kappa shape index (κ2) is 11.2. The van der Waals surface area contributed by atoms with E-state index in [9.17, 15) is 9.59 Å². The van der Waals surface area contributed by atoms with Crippen molar-refractivity contribution in [2.75, 3.05) is 37.8 Å². The minimum absolute atomic E-state index is 0. The summed E-state index contributed by atoms with van der Waals surface area (Å²) in [6.45, 7) is 6.15. The predicted octanol–water partition coefficient (Wildman–Crippen LogP) is 0.0982. The Morgan fingerprint density at radius 2 is 1.21 bits per heavy atom. The highest BCUT2D eigenvalue weighted by Crippen LogP contribution is 2.25. The van der Waals surface area contributed by atoms with Crippen LogP contribution in [-0.2, 0) is 9.59 Å². The summed E-state index contributed by atoms with van der Waals surface area (Å²) in [5.41, 5.74) is 4.37. The molecule has 2 rings (SSSR count). The van der Waals surface area contributed by atoms with Crippen LogP contribution in [0.4, 0.5) is 11.4 Å². The van der Waals surface area contributed by atoms with E-state index in [1.165, 1.54) is 0 Å². The van der Waals surface area contributed by atoms with Crippen LogP contribution in [0.5, 0.6) is 0 Å². The number of para-hydroxylation sites is 2. The summed E-state index contributed by atoms with van der Waals surface area (Å²) in [6.07, 6.45) is 0. The number of amides is 2. The number of carbonyl (C=O) groups excluding carboxylic acids is 2. The number of halogens is 2. The van der Waals surface area contributed by atoms with Gasteiger partial charge in [0.2, 0.25) is 0 Å². The van der Waals surface area contributed by atoms with E-state index >= 15 is 0 Å². The van der Waals surface area contributed by atoms with Gasteiger partial charge in [0.1, 0.15) is 0 Å². The van der Waals surface area contributed by atoms with Crippen molar-refractivity contribution in [1.82, 2.24) is 0 Å². The smallest absolute Gasteiger partial charge is 0.279 e. The van der Waals surface area contributed by atoms with E-state index in [1.54, 1.807) is 6.07 Å². The normalized spacial score (nSPS) is 10.4. The van der Waals surface area contributed by atoms with Crippen molar-refractivity contribution < 1.29 is 32.0 Å². The van der Waals surface area contributed by atoms with Gasteiger partial charge in [-0.25, -0.2) is 0 Å². The van der Waals surface area contributed by atoms with Gasteiger partial charge in [0, 0.05) is 5.69 Å². The number of aryl methyl sites for hydroxylation is 3. The molecule has 2 aromatic rings. The summed E-state index contributed by atoms with van der Waals surface area (Å²) in [5, 5.41) is 6.33. The van der Waals surface area contributed by atoms with Crippen LogP contribution in [0.1, 0.15) is 16.7 Å². The number of hydrogen-bond acceptors (Lipinski definition) is 2. The van der Waals surface area contributed by atoms with E-state index in [0.29, 0.717) is 10.7 Å². The monoisotopic (exact) mass is 441 g/mol. The zero-order chi connectivity index (χ0) is 20.2. The lowest BCUT2D eigenvalue weighted by Gasteiger charge is -2.28. The largest absolute Gasteiger partial charge is 1.00 e. The molecule has 4 N–H and O–H groups in total. The van der Waals surface area contributed by atoms with Crippen LogP contribution < -0.4 is 23.0 Å². The number of likely N-dealkylation sites (N-methyl/N-ethyl adjacent to an activating group) is 1. The molecule has 0 bridgehead atoms. The lowest BCUT2D eigenvalue weighted by atomic mass is 10.1. The van der Waals surface area contributed by atoms with Gasteiger partial charge >= 0.3 is 0 Å². The molecule has 0 saturated carbocycles. The lowest BCUT2D eigenvalue weighted by molar-refractivity contribution is -0.874. The van der Waals surface area contributed by atoms with Crippen LogP contribution in [0.25, 0.3) is 0 Å². The average molecular weight is 442 g/mol. The molecule has 2 aromatic carbocycles. The second-order valence-electron chi connectivity index (χ2n) is 7.55. The maximum absolute atomic E-state index is 12.5. The minimum atomic E-state index is -0.184. The number of nitrogens with zero attached hydrogens (tertiary/aromatic N) is 1. The van der Waals surface area contributed by atoms with Crippen molar-refractivity contribution in [3.63, 3.8) is 0 Å². The van der Waals surface area contributed by atoms with Gasteiger partial charge in [0.05, 0.1) is 24.8 Å². The zero-order valence-corrected chi connectivity index (χ0v) is 18.9. The molecule has 0 aliphatic heterocycles. The first-order valence-corrected chi connectivity index (χ1v) is 9.20. The second-order valence-corrected chi connectivity index (χ2v) is 7.95. The Hall–Kier alpha value is -2.12. The number of nitrogens with one attached hydrogen (secondary N) is 2. The van der Waals surface area contributed by atoms with Crippen LogP contribution in [0.2, 0.25) is 5.02 Å². The van der Waals surface area contributed by atoms with Crippen LogP contribution >= 0.6 is 11.6 Å². The van der Waals surface area contributed by atoms with Crippen LogP contribution in [0.3, 0.4) is 0 Å². The number of anilines is 2. The van der Waals surface area contributed by atoms with E-state index in [2.05, 4.69) is 10.6 Å². The molecular weight excluding hydrogens is 413 g/mol. The van der Waals surface area contributed by atoms with Gasteiger partial charge in [-0.15, -0.1) is 0 Å². The summed E-state index contributed by atoms with van der Waals surface area (Å²) < 4.78 is 0.228. The molecule has 0 radical (unpaired) electrons. The number of carbonyl (C=O) groups is 2. The topological polar surface area (TPSA) is 89.7 Å². The van der Waals surface area contributed by atoms with Crippen LogP contribution in [-0.4, -0.2) is 49.0 Å². The molecule has 0 atom stereocenters. The fraction of sp³-hybridized carbons (Fsp3) is 0.333. The van der Waals surface area contributed by atoms with Crippen molar-refractivity contribution in [1.29, 1.82) is 0 Å². The number of rotatable bonds is 6. The third-order valence-corrected chi connectivity index (χ3v) is 4.69. The summed E-state index contributed by atoms with van der Waals surface area (Å²) in [6, 6.07) is 11.3. The Morgan fingerprint density at radius 1 is 0.828 bits per heavy atom. The molecule has 6 nitrogen and oxygen atoms in total. The zero-order valence-electron chi connectivity index (χ0n) is 17.4. The Kier molecular flexibility index (Phi) is 10.3. The summed E-state index contributed by atoms with van der Waals surface area (Å²) in [4.78, 5) is 25.0. The molecule has 0 aromatic heterocycles. The summed E-state index contributed by atoms with van der Waals surface area (Å²) >= 11 is 6.17. The standard InChI is InChI=1S/C21H26ClN3O2.ClH.H2O/c1-14-8-6-9-15(2)20(14)23-18(26)12-25(4,5)13-19(27)24-21-16(3)10-7-11-17(21)22;;/h6-11H,12-13H2,1-5H3,(H-,23,24,26,27);1H;1H2. The first-order valence-electron chi connectivity index (χ1n) is 8.82. The molecule has 0 unspecified atom stereocenters. The highest BCUT2D eigenvalue weighted by atomic mass is 35.5. The molecule has 8 heteroatoms. The van der Waals surface area contributed by atoms with Crippen molar-refractivity contribution in [2.45, 2.75) is 20.8 Å². The predicted molar refractivity (Wildman–Crippen MR) is 115 cm³/mol. The molecule has 160 valence electrons. The van der Waals surface area contributed by atoms with E-state index in [4.69, 9.17) is 11.6 Å². The Balaban J connectivity index is 0.00000392. The molecule has 0 heterocycles. The first kappa shape index (κ1) is 26.9. The highest BCUT2D eigenvalue weighted by Gasteiger charge is 2.25. The molecule has 2 amide bonds. The lowest BCUT2D eigenvalue weighted by Crippen LogP contribution is -3.00. The molecule has 0 aliphatic carbocycles. The van der Waals surface area contributed by atoms with Crippen molar-refractivity contribution in [3.8, 4) is 0 Å². The number of hydrogen-bond donors (Lipinski definition) is 2. The van der Waals surface area contributed by atoms with Crippen molar-refractivity contribution in [3.05, 3.63) is 58.1 Å². The summed E-state index contributed by atoms with van der Waals surface area (Å²) in [7, 11) is 3.70. The highest BCUT2D eigenvalue weighted by molar-refractivity contribution is 6.33. The van der Waals surface area contributed by atoms with E-state index in [1.807, 2.05) is 65.2 Å². The SMILES string of the molecule is Cc1cccc(C)c1NC(=O)C[N+](C)(C)CC(=O)Nc1c(C)cccc1Cl.O.[Cl-]. The van der Waals surface area contributed by atoms with Crippen LogP contribution in [0.15, 0.2) is 36.4 Å². The fourth-order valence-electron chi connectivity index (χ4n) is 2.99. The molecule has 0 saturated heterocycles. The quantitative estimate of drug-likeness (QED) is 0.622. The third-order valence-electron chi connectivity index (χ3n) is 4.38. The van der Waals surface area contributed by atoms with Crippen molar-refractivity contribution in [2.24, 2.45) is 0 Å². The van der Waals surface area contributed by atoms with Gasteiger partial charge in [0.25, 0.3) is 11.8 Å². The maximum Gasteiger partial charge on any atom is 0.279 e. The van der Waals surface area contributed by atoms with E-state index in [-0.39, 0.29) is 47.3 Å². The molecule has 0 spiro atoms. The Labute approximate surface area is 183 Å². The first-order chi connectivity index (χ1) is 12.6. The van der Waals surface area contributed by atoms with Gasteiger partial charge < -0.3 is 33.0 Å². The van der Waals surface area contributed by atoms with Gasteiger partial charge in [-0.1, -0.05) is 41.9 Å². The van der Waals surface area contributed by atoms with Gasteiger partial charge in [-0.3, -0.25) is 9.59 Å².